The predicted molar refractivity (Wildman–Crippen MR) is 55.4 cm³/mol. The van der Waals surface area contributed by atoms with Crippen LogP contribution in [0.25, 0.3) is 0 Å². The molecular weight excluding hydrogens is 180 g/mol. The van der Waals surface area contributed by atoms with E-state index < -0.39 is 5.97 Å². The van der Waals surface area contributed by atoms with Gasteiger partial charge >= 0.3 is 5.97 Å². The maximum absolute atomic E-state index is 10.5. The summed E-state index contributed by atoms with van der Waals surface area (Å²) in [6.07, 6.45) is 0. The van der Waals surface area contributed by atoms with Gasteiger partial charge in [0.05, 0.1) is 6.54 Å². The zero-order valence-corrected chi connectivity index (χ0v) is 9.07. The normalized spacial score (nSPS) is 20.2. The molecule has 0 saturated carbocycles. The lowest BCUT2D eigenvalue weighted by atomic mass is 10.2. The minimum absolute atomic E-state index is 0.190. The van der Waals surface area contributed by atoms with Crippen molar-refractivity contribution in [2.75, 3.05) is 39.3 Å². The summed E-state index contributed by atoms with van der Waals surface area (Å²) in [6.45, 7) is 9.53. The lowest BCUT2D eigenvalue weighted by Gasteiger charge is -2.34. The van der Waals surface area contributed by atoms with Crippen LogP contribution in [0.4, 0.5) is 0 Å². The highest BCUT2D eigenvalue weighted by Crippen LogP contribution is 2.04. The first-order valence-corrected chi connectivity index (χ1v) is 5.24. The van der Waals surface area contributed by atoms with Gasteiger partial charge in [0.2, 0.25) is 0 Å². The highest BCUT2D eigenvalue weighted by molar-refractivity contribution is 5.69. The van der Waals surface area contributed by atoms with Crippen LogP contribution in [0.5, 0.6) is 0 Å². The second kappa shape index (κ2) is 5.32. The van der Waals surface area contributed by atoms with E-state index in [4.69, 9.17) is 5.11 Å². The van der Waals surface area contributed by atoms with Gasteiger partial charge < -0.3 is 10.0 Å². The molecule has 0 aromatic rings. The van der Waals surface area contributed by atoms with E-state index >= 15 is 0 Å². The van der Waals surface area contributed by atoms with Gasteiger partial charge in [-0.05, 0) is 5.92 Å². The number of hydrogen-bond acceptors (Lipinski definition) is 3. The Balaban J connectivity index is 2.21. The molecule has 14 heavy (non-hydrogen) atoms. The van der Waals surface area contributed by atoms with E-state index in [1.165, 1.54) is 0 Å². The number of nitrogens with zero attached hydrogens (tertiary/aromatic N) is 2. The SMILES string of the molecule is CC(C)CN1CCN(CC(=O)O)CC1. The van der Waals surface area contributed by atoms with E-state index in [9.17, 15) is 4.79 Å². The first kappa shape index (κ1) is 11.5. The molecule has 0 aromatic carbocycles. The number of carboxylic acids is 1. The lowest BCUT2D eigenvalue weighted by molar-refractivity contribution is -0.138. The summed E-state index contributed by atoms with van der Waals surface area (Å²) in [5, 5.41) is 8.62. The van der Waals surface area contributed by atoms with Gasteiger partial charge in [-0.1, -0.05) is 13.8 Å². The Kier molecular flexibility index (Phi) is 4.35. The van der Waals surface area contributed by atoms with E-state index in [-0.39, 0.29) is 6.54 Å². The number of aliphatic carboxylic acids is 1. The smallest absolute Gasteiger partial charge is 0.317 e. The molecule has 4 nitrogen and oxygen atoms in total. The van der Waals surface area contributed by atoms with Crippen molar-refractivity contribution in [3.05, 3.63) is 0 Å². The van der Waals surface area contributed by atoms with E-state index in [0.29, 0.717) is 5.92 Å². The molecule has 0 radical (unpaired) electrons. The van der Waals surface area contributed by atoms with Crippen molar-refractivity contribution in [1.82, 2.24) is 9.80 Å². The highest BCUT2D eigenvalue weighted by Gasteiger charge is 2.18. The van der Waals surface area contributed by atoms with E-state index in [2.05, 4.69) is 18.7 Å². The third-order valence-electron chi connectivity index (χ3n) is 2.45. The summed E-state index contributed by atoms with van der Waals surface area (Å²) in [5.74, 6) is -0.0247. The standard InChI is InChI=1S/C10H20N2O2/c1-9(2)7-11-3-5-12(6-4-11)8-10(13)14/h9H,3-8H2,1-2H3,(H,13,14). The average Bonchev–Trinajstić information content (AvgIpc) is 2.06. The summed E-state index contributed by atoms with van der Waals surface area (Å²) >= 11 is 0. The van der Waals surface area contributed by atoms with Gasteiger partial charge in [0.25, 0.3) is 0 Å². The Bertz CT molecular complexity index is 187. The molecule has 0 aromatic heterocycles. The Morgan fingerprint density at radius 2 is 1.71 bits per heavy atom. The Hall–Kier alpha value is -0.610. The first-order chi connectivity index (χ1) is 6.58. The summed E-state index contributed by atoms with van der Waals surface area (Å²) in [7, 11) is 0. The number of carboxylic acid groups (broad SMARTS) is 1. The molecule has 1 aliphatic rings. The van der Waals surface area contributed by atoms with Gasteiger partial charge in [-0.2, -0.15) is 0 Å². The van der Waals surface area contributed by atoms with Crippen molar-refractivity contribution in [3.8, 4) is 0 Å². The zero-order chi connectivity index (χ0) is 10.6. The van der Waals surface area contributed by atoms with Crippen LogP contribution < -0.4 is 0 Å². The van der Waals surface area contributed by atoms with Crippen LogP contribution in [-0.4, -0.2) is 60.1 Å². The third kappa shape index (κ3) is 4.07. The maximum atomic E-state index is 10.5. The van der Waals surface area contributed by atoms with Crippen molar-refractivity contribution in [3.63, 3.8) is 0 Å². The molecule has 0 unspecified atom stereocenters. The quantitative estimate of drug-likeness (QED) is 0.711. The van der Waals surface area contributed by atoms with Crippen molar-refractivity contribution < 1.29 is 9.90 Å². The Morgan fingerprint density at radius 1 is 1.21 bits per heavy atom. The molecule has 0 aliphatic carbocycles. The topological polar surface area (TPSA) is 43.8 Å². The number of hydrogen-bond donors (Lipinski definition) is 1. The van der Waals surface area contributed by atoms with Crippen molar-refractivity contribution in [2.24, 2.45) is 5.92 Å². The van der Waals surface area contributed by atoms with Gasteiger partial charge in [0, 0.05) is 32.7 Å². The summed E-state index contributed by atoms with van der Waals surface area (Å²) in [4.78, 5) is 14.9. The molecule has 1 heterocycles. The fourth-order valence-electron chi connectivity index (χ4n) is 1.84. The maximum Gasteiger partial charge on any atom is 0.317 e. The molecule has 0 amide bonds. The fourth-order valence-corrected chi connectivity index (χ4v) is 1.84. The predicted octanol–water partition coefficient (Wildman–Crippen LogP) is 0.345. The van der Waals surface area contributed by atoms with Crippen LogP contribution in [0.2, 0.25) is 0 Å². The molecular formula is C10H20N2O2. The summed E-state index contributed by atoms with van der Waals surface area (Å²) in [6, 6.07) is 0. The minimum Gasteiger partial charge on any atom is -0.480 e. The molecule has 82 valence electrons. The molecule has 1 N–H and O–H groups in total. The van der Waals surface area contributed by atoms with Crippen LogP contribution in [0.1, 0.15) is 13.8 Å². The van der Waals surface area contributed by atoms with Gasteiger partial charge in [-0.3, -0.25) is 9.69 Å². The van der Waals surface area contributed by atoms with Crippen molar-refractivity contribution in [2.45, 2.75) is 13.8 Å². The molecule has 1 saturated heterocycles. The zero-order valence-electron chi connectivity index (χ0n) is 9.07. The summed E-state index contributed by atoms with van der Waals surface area (Å²) < 4.78 is 0. The molecule has 0 spiro atoms. The van der Waals surface area contributed by atoms with Crippen LogP contribution >= 0.6 is 0 Å². The molecule has 1 aliphatic heterocycles. The number of rotatable bonds is 4. The first-order valence-electron chi connectivity index (χ1n) is 5.24. The van der Waals surface area contributed by atoms with Crippen LogP contribution in [0.15, 0.2) is 0 Å². The van der Waals surface area contributed by atoms with Gasteiger partial charge in [-0.15, -0.1) is 0 Å². The Morgan fingerprint density at radius 3 is 2.14 bits per heavy atom. The largest absolute Gasteiger partial charge is 0.480 e. The van der Waals surface area contributed by atoms with Crippen LogP contribution in [0.3, 0.4) is 0 Å². The average molecular weight is 200 g/mol. The lowest BCUT2D eigenvalue weighted by Crippen LogP contribution is -2.48. The molecule has 4 heteroatoms. The van der Waals surface area contributed by atoms with Crippen molar-refractivity contribution in [1.29, 1.82) is 0 Å². The van der Waals surface area contributed by atoms with E-state index in [1.54, 1.807) is 0 Å². The molecule has 0 atom stereocenters. The minimum atomic E-state index is -0.720. The second-order valence-electron chi connectivity index (χ2n) is 4.36. The van der Waals surface area contributed by atoms with E-state index in [0.717, 1.165) is 32.7 Å². The van der Waals surface area contributed by atoms with E-state index in [1.807, 2.05) is 4.90 Å². The molecule has 1 fully saturated rings. The molecule has 1 rings (SSSR count). The molecule has 0 bridgehead atoms. The fraction of sp³-hybridized carbons (Fsp3) is 0.900. The third-order valence-corrected chi connectivity index (χ3v) is 2.45. The van der Waals surface area contributed by atoms with Crippen molar-refractivity contribution >= 4 is 5.97 Å². The monoisotopic (exact) mass is 200 g/mol. The van der Waals surface area contributed by atoms with Crippen LogP contribution in [-0.2, 0) is 4.79 Å². The summed E-state index contributed by atoms with van der Waals surface area (Å²) in [5.41, 5.74) is 0. The number of piperazine rings is 1. The Labute approximate surface area is 85.5 Å². The van der Waals surface area contributed by atoms with Gasteiger partial charge in [0.1, 0.15) is 0 Å². The van der Waals surface area contributed by atoms with Gasteiger partial charge in [0.15, 0.2) is 0 Å². The number of carbonyl (C=O) groups is 1. The second-order valence-corrected chi connectivity index (χ2v) is 4.36. The van der Waals surface area contributed by atoms with Crippen LogP contribution in [0, 0.1) is 5.92 Å². The highest BCUT2D eigenvalue weighted by atomic mass is 16.4. The van der Waals surface area contributed by atoms with Gasteiger partial charge in [-0.25, -0.2) is 0 Å².